The molecule has 5 heteroatoms. The van der Waals surface area contributed by atoms with Crippen molar-refractivity contribution in [2.45, 2.75) is 89.3 Å². The third-order valence-corrected chi connectivity index (χ3v) is 8.18. The summed E-state index contributed by atoms with van der Waals surface area (Å²) in [5.74, 6) is 1.71. The van der Waals surface area contributed by atoms with Crippen LogP contribution in [0.15, 0.2) is 9.95 Å². The molecule has 0 aromatic carbocycles. The molecule has 142 valence electrons. The fourth-order valence-electron chi connectivity index (χ4n) is 4.43. The average molecular weight is 391 g/mol. The Morgan fingerprint density at radius 1 is 1.15 bits per heavy atom. The normalized spacial score (nSPS) is 18.3. The van der Waals surface area contributed by atoms with E-state index in [-0.39, 0.29) is 5.56 Å². The Kier molecular flexibility index (Phi) is 6.04. The number of nitrogens with zero attached hydrogens (tertiary/aromatic N) is 2. The van der Waals surface area contributed by atoms with Gasteiger partial charge in [-0.3, -0.25) is 9.36 Å². The summed E-state index contributed by atoms with van der Waals surface area (Å²) in [5.41, 5.74) is 1.58. The summed E-state index contributed by atoms with van der Waals surface area (Å²) < 4.78 is 2.06. The van der Waals surface area contributed by atoms with E-state index < -0.39 is 0 Å². The Morgan fingerprint density at radius 2 is 1.96 bits per heavy atom. The molecule has 2 aromatic rings. The van der Waals surface area contributed by atoms with Crippen molar-refractivity contribution in [3.05, 3.63) is 20.8 Å². The molecule has 0 N–H and O–H groups in total. The van der Waals surface area contributed by atoms with E-state index in [0.717, 1.165) is 40.5 Å². The van der Waals surface area contributed by atoms with Crippen LogP contribution < -0.4 is 5.56 Å². The number of aromatic nitrogens is 2. The molecule has 0 radical (unpaired) electrons. The largest absolute Gasteiger partial charge is 0.287 e. The second-order valence-electron chi connectivity index (χ2n) is 7.91. The van der Waals surface area contributed by atoms with E-state index in [1.54, 1.807) is 23.1 Å². The number of hydrogen-bond donors (Lipinski definition) is 0. The van der Waals surface area contributed by atoms with Crippen LogP contribution in [0.4, 0.5) is 0 Å². The molecule has 0 amide bonds. The van der Waals surface area contributed by atoms with Gasteiger partial charge in [-0.25, -0.2) is 4.98 Å². The second kappa shape index (κ2) is 8.47. The van der Waals surface area contributed by atoms with Gasteiger partial charge in [0.2, 0.25) is 0 Å². The van der Waals surface area contributed by atoms with Crippen LogP contribution in [0.2, 0.25) is 0 Å². The number of hydrogen-bond acceptors (Lipinski definition) is 4. The van der Waals surface area contributed by atoms with E-state index in [0.29, 0.717) is 5.92 Å². The van der Waals surface area contributed by atoms with Crippen molar-refractivity contribution in [1.29, 1.82) is 0 Å². The van der Waals surface area contributed by atoms with Crippen molar-refractivity contribution in [3.8, 4) is 0 Å². The van der Waals surface area contributed by atoms with Gasteiger partial charge in [-0.15, -0.1) is 11.3 Å². The molecule has 2 aromatic heterocycles. The maximum Gasteiger partial charge on any atom is 0.263 e. The molecule has 0 aliphatic heterocycles. The standard InChI is InChI=1S/C21H30N2OS2/c1-2-3-13-25-21-22-19-18(16-11-7-8-12-17(16)26-19)20(24)23(21)14-15-9-5-4-6-10-15/h15H,2-14H2,1H3. The van der Waals surface area contributed by atoms with E-state index in [9.17, 15) is 4.79 Å². The zero-order valence-electron chi connectivity index (χ0n) is 15.9. The minimum atomic E-state index is 0.249. The Bertz CT molecular complexity index is 818. The number of thioether (sulfide) groups is 1. The number of rotatable bonds is 6. The number of fused-ring (bicyclic) bond motifs is 3. The molecule has 1 saturated carbocycles. The molecular formula is C21H30N2OS2. The third-order valence-electron chi connectivity index (χ3n) is 5.93. The monoisotopic (exact) mass is 390 g/mol. The summed E-state index contributed by atoms with van der Waals surface area (Å²) in [4.78, 5) is 21.0. The van der Waals surface area contributed by atoms with Crippen molar-refractivity contribution in [1.82, 2.24) is 9.55 Å². The Morgan fingerprint density at radius 3 is 2.77 bits per heavy atom. The van der Waals surface area contributed by atoms with Gasteiger partial charge in [0.25, 0.3) is 5.56 Å². The molecule has 2 aliphatic carbocycles. The number of unbranched alkanes of at least 4 members (excludes halogenated alkanes) is 1. The summed E-state index contributed by atoms with van der Waals surface area (Å²) in [5, 5.41) is 1.93. The highest BCUT2D eigenvalue weighted by Gasteiger charge is 2.24. The highest BCUT2D eigenvalue weighted by molar-refractivity contribution is 7.99. The number of thiophene rings is 1. The van der Waals surface area contributed by atoms with Gasteiger partial charge in [0, 0.05) is 17.2 Å². The second-order valence-corrected chi connectivity index (χ2v) is 10.1. The molecule has 0 saturated heterocycles. The molecule has 1 fully saturated rings. The molecule has 3 nitrogen and oxygen atoms in total. The van der Waals surface area contributed by atoms with Gasteiger partial charge in [0.15, 0.2) is 5.16 Å². The maximum absolute atomic E-state index is 13.5. The molecule has 2 heterocycles. The lowest BCUT2D eigenvalue weighted by Gasteiger charge is -2.23. The molecular weight excluding hydrogens is 360 g/mol. The number of aryl methyl sites for hydroxylation is 2. The fourth-order valence-corrected chi connectivity index (χ4v) is 6.82. The van der Waals surface area contributed by atoms with E-state index in [2.05, 4.69) is 11.5 Å². The highest BCUT2D eigenvalue weighted by Crippen LogP contribution is 2.35. The van der Waals surface area contributed by atoms with Gasteiger partial charge < -0.3 is 0 Å². The topological polar surface area (TPSA) is 34.9 Å². The summed E-state index contributed by atoms with van der Waals surface area (Å²) in [6, 6.07) is 0. The smallest absolute Gasteiger partial charge is 0.263 e. The van der Waals surface area contributed by atoms with Crippen LogP contribution in [0, 0.1) is 5.92 Å². The lowest BCUT2D eigenvalue weighted by Crippen LogP contribution is -2.28. The molecule has 0 spiro atoms. The van der Waals surface area contributed by atoms with Crippen LogP contribution in [-0.4, -0.2) is 15.3 Å². The Hall–Kier alpha value is -0.810. The SMILES string of the molecule is CCCCSc1nc2sc3c(c2c(=O)n1CC1CCCCC1)CCCC3. The zero-order valence-corrected chi connectivity index (χ0v) is 17.5. The lowest BCUT2D eigenvalue weighted by molar-refractivity contribution is 0.306. The predicted molar refractivity (Wildman–Crippen MR) is 113 cm³/mol. The Balaban J connectivity index is 1.75. The Labute approximate surface area is 164 Å². The van der Waals surface area contributed by atoms with Crippen molar-refractivity contribution < 1.29 is 0 Å². The van der Waals surface area contributed by atoms with Crippen molar-refractivity contribution in [2.24, 2.45) is 5.92 Å². The first-order valence-electron chi connectivity index (χ1n) is 10.5. The first kappa shape index (κ1) is 18.5. The van der Waals surface area contributed by atoms with Crippen LogP contribution in [0.3, 0.4) is 0 Å². The first-order chi connectivity index (χ1) is 12.8. The van der Waals surface area contributed by atoms with Crippen LogP contribution in [0.5, 0.6) is 0 Å². The molecule has 0 bridgehead atoms. The van der Waals surface area contributed by atoms with Gasteiger partial charge >= 0.3 is 0 Å². The van der Waals surface area contributed by atoms with Gasteiger partial charge in [-0.05, 0) is 56.4 Å². The summed E-state index contributed by atoms with van der Waals surface area (Å²) >= 11 is 3.58. The summed E-state index contributed by atoms with van der Waals surface area (Å²) in [7, 11) is 0. The zero-order chi connectivity index (χ0) is 17.9. The van der Waals surface area contributed by atoms with E-state index in [1.165, 1.54) is 68.2 Å². The average Bonchev–Trinajstić information content (AvgIpc) is 3.04. The van der Waals surface area contributed by atoms with Crippen molar-refractivity contribution in [3.63, 3.8) is 0 Å². The quantitative estimate of drug-likeness (QED) is 0.355. The van der Waals surface area contributed by atoms with Crippen molar-refractivity contribution >= 4 is 33.3 Å². The fraction of sp³-hybridized carbons (Fsp3) is 0.714. The first-order valence-corrected chi connectivity index (χ1v) is 12.3. The van der Waals surface area contributed by atoms with Gasteiger partial charge in [-0.1, -0.05) is 44.4 Å². The van der Waals surface area contributed by atoms with Gasteiger partial charge in [0.05, 0.1) is 5.39 Å². The molecule has 0 unspecified atom stereocenters. The van der Waals surface area contributed by atoms with E-state index >= 15 is 0 Å². The minimum absolute atomic E-state index is 0.249. The van der Waals surface area contributed by atoms with E-state index in [4.69, 9.17) is 4.98 Å². The van der Waals surface area contributed by atoms with Crippen LogP contribution in [0.25, 0.3) is 10.2 Å². The minimum Gasteiger partial charge on any atom is -0.287 e. The lowest BCUT2D eigenvalue weighted by atomic mass is 9.89. The van der Waals surface area contributed by atoms with Crippen LogP contribution in [-0.2, 0) is 19.4 Å². The summed E-state index contributed by atoms with van der Waals surface area (Å²) in [6.07, 6.45) is 13.6. The molecule has 26 heavy (non-hydrogen) atoms. The summed E-state index contributed by atoms with van der Waals surface area (Å²) in [6.45, 7) is 3.10. The van der Waals surface area contributed by atoms with Crippen LogP contribution in [0.1, 0.15) is 75.2 Å². The molecule has 2 aliphatic rings. The van der Waals surface area contributed by atoms with Gasteiger partial charge in [-0.2, -0.15) is 0 Å². The predicted octanol–water partition coefficient (Wildman–Crippen LogP) is 5.81. The van der Waals surface area contributed by atoms with Crippen molar-refractivity contribution in [2.75, 3.05) is 5.75 Å². The third kappa shape index (κ3) is 3.75. The molecule has 0 atom stereocenters. The highest BCUT2D eigenvalue weighted by atomic mass is 32.2. The van der Waals surface area contributed by atoms with Gasteiger partial charge in [0.1, 0.15) is 4.83 Å². The maximum atomic E-state index is 13.5. The van der Waals surface area contributed by atoms with Crippen LogP contribution >= 0.6 is 23.1 Å². The van der Waals surface area contributed by atoms with E-state index in [1.807, 2.05) is 0 Å². The molecule has 4 rings (SSSR count).